The molecule has 2 aromatic heterocycles. The van der Waals surface area contributed by atoms with Crippen LogP contribution in [0.3, 0.4) is 0 Å². The summed E-state index contributed by atoms with van der Waals surface area (Å²) in [6, 6.07) is 16.4. The fourth-order valence-electron chi connectivity index (χ4n) is 4.24. The van der Waals surface area contributed by atoms with E-state index in [1.807, 2.05) is 12.1 Å². The summed E-state index contributed by atoms with van der Waals surface area (Å²) in [5.41, 5.74) is 7.61. The highest BCUT2D eigenvalue weighted by molar-refractivity contribution is 6.10. The van der Waals surface area contributed by atoms with E-state index in [-0.39, 0.29) is 36.0 Å². The molecule has 0 saturated heterocycles. The third-order valence-corrected chi connectivity index (χ3v) is 6.50. The number of carbonyl (C=O) groups is 2. The van der Waals surface area contributed by atoms with Gasteiger partial charge in [0.05, 0.1) is 18.0 Å². The molecule has 1 saturated carbocycles. The number of halogens is 1. The second-order valence-corrected chi connectivity index (χ2v) is 8.91. The van der Waals surface area contributed by atoms with E-state index in [4.69, 9.17) is 15.2 Å². The van der Waals surface area contributed by atoms with Crippen LogP contribution in [0.5, 0.6) is 17.2 Å². The normalized spacial score (nSPS) is 13.8. The maximum Gasteiger partial charge on any atom is 0.167 e. The molecule has 0 amide bonds. The minimum absolute atomic E-state index is 0.0861. The highest BCUT2D eigenvalue weighted by atomic mass is 19.1. The summed E-state index contributed by atoms with van der Waals surface area (Å²) in [5.74, 6) is 1.17. The van der Waals surface area contributed by atoms with Crippen molar-refractivity contribution in [1.29, 1.82) is 0 Å². The Morgan fingerprint density at radius 2 is 1.56 bits per heavy atom. The van der Waals surface area contributed by atoms with Gasteiger partial charge in [-0.1, -0.05) is 24.3 Å². The zero-order chi connectivity index (χ0) is 25.3. The number of hydrogen-bond acceptors (Lipinski definition) is 7. The van der Waals surface area contributed by atoms with Gasteiger partial charge in [0.2, 0.25) is 0 Å². The van der Waals surface area contributed by atoms with E-state index in [1.54, 1.807) is 42.6 Å². The second kappa shape index (κ2) is 9.37. The molecule has 0 radical (unpaired) electrons. The number of anilines is 1. The van der Waals surface area contributed by atoms with Gasteiger partial charge in [0, 0.05) is 31.2 Å². The van der Waals surface area contributed by atoms with Crippen LogP contribution in [0.4, 0.5) is 10.2 Å². The summed E-state index contributed by atoms with van der Waals surface area (Å²) < 4.78 is 24.4. The van der Waals surface area contributed by atoms with Crippen molar-refractivity contribution in [1.82, 2.24) is 9.97 Å². The number of ketones is 2. The van der Waals surface area contributed by atoms with Crippen LogP contribution in [0, 0.1) is 11.2 Å². The highest BCUT2D eigenvalue weighted by Crippen LogP contribution is 2.48. The standard InChI is InChI=1S/C28H24FN3O4/c1-35-23-16-21-26(32-27(23)30)22(10-13-31-21)36-20-8-4-18(5-9-20)15-25(34)28(11-12-28)24(33)14-17-2-6-19(29)7-3-17/h2-10,13,16H,11-12,14-15H2,1H3,(H2,30,32). The van der Waals surface area contributed by atoms with E-state index >= 15 is 0 Å². The molecule has 0 spiro atoms. The fourth-order valence-corrected chi connectivity index (χ4v) is 4.24. The average molecular weight is 486 g/mol. The van der Waals surface area contributed by atoms with Crippen molar-refractivity contribution < 1.29 is 23.5 Å². The summed E-state index contributed by atoms with van der Waals surface area (Å²) in [6.07, 6.45) is 3.01. The largest absolute Gasteiger partial charge is 0.493 e. The predicted molar refractivity (Wildman–Crippen MR) is 133 cm³/mol. The van der Waals surface area contributed by atoms with Gasteiger partial charge in [-0.15, -0.1) is 0 Å². The summed E-state index contributed by atoms with van der Waals surface area (Å²) in [4.78, 5) is 34.6. The number of pyridine rings is 2. The van der Waals surface area contributed by atoms with Crippen molar-refractivity contribution in [2.45, 2.75) is 25.7 Å². The zero-order valence-electron chi connectivity index (χ0n) is 19.7. The van der Waals surface area contributed by atoms with Gasteiger partial charge in [-0.05, 0) is 48.2 Å². The number of fused-ring (bicyclic) bond motifs is 1. The first-order valence-corrected chi connectivity index (χ1v) is 11.5. The molecule has 5 rings (SSSR count). The molecule has 0 aliphatic heterocycles. The predicted octanol–water partition coefficient (Wildman–Crippen LogP) is 4.86. The van der Waals surface area contributed by atoms with Crippen molar-refractivity contribution in [3.05, 3.63) is 83.8 Å². The molecule has 0 atom stereocenters. The summed E-state index contributed by atoms with van der Waals surface area (Å²) in [7, 11) is 1.51. The van der Waals surface area contributed by atoms with E-state index < -0.39 is 5.41 Å². The molecule has 1 aliphatic rings. The SMILES string of the molecule is COc1cc2nccc(Oc3ccc(CC(=O)C4(C(=O)Cc5ccc(F)cc5)CC4)cc3)c2nc1N. The number of Topliss-reactive ketones (excluding diaryl/α,β-unsaturated/α-hetero) is 2. The topological polar surface area (TPSA) is 104 Å². The highest BCUT2D eigenvalue weighted by Gasteiger charge is 2.54. The number of nitrogen functional groups attached to an aromatic ring is 1. The van der Waals surface area contributed by atoms with Crippen LogP contribution in [-0.4, -0.2) is 28.6 Å². The van der Waals surface area contributed by atoms with E-state index in [0.29, 0.717) is 46.7 Å². The van der Waals surface area contributed by atoms with E-state index in [0.717, 1.165) is 5.56 Å². The number of ether oxygens (including phenoxy) is 2. The summed E-state index contributed by atoms with van der Waals surface area (Å²) in [6.45, 7) is 0. The Hall–Kier alpha value is -4.33. The maximum atomic E-state index is 13.1. The van der Waals surface area contributed by atoms with Crippen LogP contribution < -0.4 is 15.2 Å². The van der Waals surface area contributed by atoms with Crippen LogP contribution in [0.25, 0.3) is 11.0 Å². The Morgan fingerprint density at radius 1 is 0.944 bits per heavy atom. The first kappa shape index (κ1) is 23.4. The first-order chi connectivity index (χ1) is 17.4. The number of benzene rings is 2. The zero-order valence-corrected chi connectivity index (χ0v) is 19.7. The lowest BCUT2D eigenvalue weighted by molar-refractivity contribution is -0.133. The van der Waals surface area contributed by atoms with Gasteiger partial charge in [-0.25, -0.2) is 9.37 Å². The van der Waals surface area contributed by atoms with E-state index in [1.165, 1.54) is 19.2 Å². The van der Waals surface area contributed by atoms with Gasteiger partial charge < -0.3 is 15.2 Å². The van der Waals surface area contributed by atoms with Crippen molar-refractivity contribution in [3.8, 4) is 17.2 Å². The molecule has 7 nitrogen and oxygen atoms in total. The lowest BCUT2D eigenvalue weighted by Crippen LogP contribution is -2.28. The van der Waals surface area contributed by atoms with Crippen molar-refractivity contribution >= 4 is 28.4 Å². The van der Waals surface area contributed by atoms with E-state index in [2.05, 4.69) is 9.97 Å². The molecule has 0 bridgehead atoms. The molecule has 1 fully saturated rings. The van der Waals surface area contributed by atoms with Gasteiger partial charge >= 0.3 is 0 Å². The molecule has 2 aromatic carbocycles. The van der Waals surface area contributed by atoms with Gasteiger partial charge in [0.25, 0.3) is 0 Å². The lowest BCUT2D eigenvalue weighted by Gasteiger charge is -2.14. The van der Waals surface area contributed by atoms with Crippen LogP contribution >= 0.6 is 0 Å². The van der Waals surface area contributed by atoms with E-state index in [9.17, 15) is 14.0 Å². The molecule has 182 valence electrons. The lowest BCUT2D eigenvalue weighted by atomic mass is 9.88. The number of rotatable bonds is 9. The average Bonchev–Trinajstić information content (AvgIpc) is 3.69. The van der Waals surface area contributed by atoms with Gasteiger partial charge in [0.15, 0.2) is 28.9 Å². The Labute approximate surface area is 207 Å². The van der Waals surface area contributed by atoms with Gasteiger partial charge in [-0.2, -0.15) is 0 Å². The Kier molecular flexibility index (Phi) is 6.10. The number of methoxy groups -OCH3 is 1. The molecule has 2 N–H and O–H groups in total. The van der Waals surface area contributed by atoms with Gasteiger partial charge in [0.1, 0.15) is 17.1 Å². The quantitative estimate of drug-likeness (QED) is 0.338. The van der Waals surface area contributed by atoms with Crippen LogP contribution in [0.15, 0.2) is 66.9 Å². The molecule has 36 heavy (non-hydrogen) atoms. The third kappa shape index (κ3) is 4.62. The molecule has 8 heteroatoms. The Balaban J connectivity index is 1.26. The molecule has 0 unspecified atom stereocenters. The molecule has 1 aliphatic carbocycles. The molecule has 2 heterocycles. The maximum absolute atomic E-state index is 13.1. The first-order valence-electron chi connectivity index (χ1n) is 11.5. The van der Waals surface area contributed by atoms with Gasteiger partial charge in [-0.3, -0.25) is 14.6 Å². The monoisotopic (exact) mass is 485 g/mol. The minimum Gasteiger partial charge on any atom is -0.493 e. The van der Waals surface area contributed by atoms with Crippen LogP contribution in [0.2, 0.25) is 0 Å². The number of nitrogens with zero attached hydrogens (tertiary/aromatic N) is 2. The van der Waals surface area contributed by atoms with Crippen molar-refractivity contribution in [3.63, 3.8) is 0 Å². The fraction of sp³-hybridized carbons (Fsp3) is 0.214. The number of hydrogen-bond donors (Lipinski definition) is 1. The van der Waals surface area contributed by atoms with Crippen molar-refractivity contribution in [2.24, 2.45) is 5.41 Å². The summed E-state index contributed by atoms with van der Waals surface area (Å²) in [5, 5.41) is 0. The number of aromatic nitrogens is 2. The number of nitrogens with two attached hydrogens (primary N) is 1. The molecular weight excluding hydrogens is 461 g/mol. The van der Waals surface area contributed by atoms with Crippen molar-refractivity contribution in [2.75, 3.05) is 12.8 Å². The number of carbonyl (C=O) groups excluding carboxylic acids is 2. The van der Waals surface area contributed by atoms with Crippen LogP contribution in [0.1, 0.15) is 24.0 Å². The second-order valence-electron chi connectivity index (χ2n) is 8.91. The Bertz CT molecular complexity index is 1450. The third-order valence-electron chi connectivity index (χ3n) is 6.50. The minimum atomic E-state index is -0.924. The molecular formula is C28H24FN3O4. The Morgan fingerprint density at radius 3 is 2.14 bits per heavy atom. The van der Waals surface area contributed by atoms with Crippen LogP contribution in [-0.2, 0) is 22.4 Å². The summed E-state index contributed by atoms with van der Waals surface area (Å²) >= 11 is 0. The smallest absolute Gasteiger partial charge is 0.167 e. The molecule has 4 aromatic rings.